The number of carbonyl (C=O) groups is 1. The molecule has 3 aromatic carbocycles. The van der Waals surface area contributed by atoms with E-state index < -0.39 is 0 Å². The first-order valence-corrected chi connectivity index (χ1v) is 7.47. The first kappa shape index (κ1) is 13.5. The molecule has 23 heavy (non-hydrogen) atoms. The summed E-state index contributed by atoms with van der Waals surface area (Å²) in [6, 6.07) is 27.0. The Morgan fingerprint density at radius 3 is 2.09 bits per heavy atom. The first-order valence-electron chi connectivity index (χ1n) is 7.47. The summed E-state index contributed by atoms with van der Waals surface area (Å²) in [6.07, 6.45) is 0. The summed E-state index contributed by atoms with van der Waals surface area (Å²) >= 11 is 0. The normalized spacial score (nSPS) is 10.8. The molecule has 4 rings (SSSR count). The molecule has 0 saturated heterocycles. The SMILES string of the molecule is O=C(c1ccccc1)n1nc(-c2ccccc2)c2ccccc21. The van der Waals surface area contributed by atoms with E-state index in [9.17, 15) is 4.79 Å². The van der Waals surface area contributed by atoms with Gasteiger partial charge >= 0.3 is 0 Å². The molecule has 3 heteroatoms. The van der Waals surface area contributed by atoms with E-state index in [1.807, 2.05) is 72.8 Å². The van der Waals surface area contributed by atoms with Gasteiger partial charge in [-0.15, -0.1) is 0 Å². The highest BCUT2D eigenvalue weighted by molar-refractivity contribution is 6.04. The topological polar surface area (TPSA) is 34.9 Å². The lowest BCUT2D eigenvalue weighted by atomic mass is 10.1. The van der Waals surface area contributed by atoms with Crippen LogP contribution in [0.4, 0.5) is 0 Å². The lowest BCUT2D eigenvalue weighted by molar-refractivity contribution is 0.0951. The van der Waals surface area contributed by atoms with Gasteiger partial charge in [-0.05, 0) is 18.2 Å². The monoisotopic (exact) mass is 298 g/mol. The van der Waals surface area contributed by atoms with Crippen molar-refractivity contribution in [2.45, 2.75) is 0 Å². The van der Waals surface area contributed by atoms with Crippen molar-refractivity contribution in [3.05, 3.63) is 90.5 Å². The average Bonchev–Trinajstić information content (AvgIpc) is 3.02. The lowest BCUT2D eigenvalue weighted by Gasteiger charge is -2.01. The molecule has 3 nitrogen and oxygen atoms in total. The van der Waals surface area contributed by atoms with Gasteiger partial charge in [0.1, 0.15) is 5.69 Å². The molecule has 0 N–H and O–H groups in total. The number of nitrogens with zero attached hydrogens (tertiary/aromatic N) is 2. The summed E-state index contributed by atoms with van der Waals surface area (Å²) in [4.78, 5) is 12.8. The molecule has 0 aliphatic heterocycles. The van der Waals surface area contributed by atoms with E-state index in [0.29, 0.717) is 5.56 Å². The van der Waals surface area contributed by atoms with Crippen LogP contribution in [0.2, 0.25) is 0 Å². The fourth-order valence-corrected chi connectivity index (χ4v) is 2.73. The Balaban J connectivity index is 1.94. The number of fused-ring (bicyclic) bond motifs is 1. The van der Waals surface area contributed by atoms with Crippen LogP contribution in [0, 0.1) is 0 Å². The molecule has 0 spiro atoms. The maximum Gasteiger partial charge on any atom is 0.278 e. The van der Waals surface area contributed by atoms with Gasteiger partial charge in [0.15, 0.2) is 0 Å². The molecule has 1 heterocycles. The molecule has 0 atom stereocenters. The highest BCUT2D eigenvalue weighted by Gasteiger charge is 2.17. The van der Waals surface area contributed by atoms with Crippen molar-refractivity contribution in [2.24, 2.45) is 0 Å². The second kappa shape index (κ2) is 5.54. The minimum Gasteiger partial charge on any atom is -0.267 e. The summed E-state index contributed by atoms with van der Waals surface area (Å²) in [5.41, 5.74) is 3.27. The Morgan fingerprint density at radius 2 is 1.35 bits per heavy atom. The first-order chi connectivity index (χ1) is 11.3. The van der Waals surface area contributed by atoms with Crippen molar-refractivity contribution in [1.29, 1.82) is 0 Å². The maximum absolute atomic E-state index is 12.8. The molecular weight excluding hydrogens is 284 g/mol. The molecule has 0 radical (unpaired) electrons. The Labute approximate surface area is 133 Å². The van der Waals surface area contributed by atoms with Crippen molar-refractivity contribution in [3.63, 3.8) is 0 Å². The van der Waals surface area contributed by atoms with Crippen molar-refractivity contribution in [2.75, 3.05) is 0 Å². The van der Waals surface area contributed by atoms with Crippen molar-refractivity contribution in [3.8, 4) is 11.3 Å². The summed E-state index contributed by atoms with van der Waals surface area (Å²) in [6.45, 7) is 0. The molecule has 0 aliphatic rings. The average molecular weight is 298 g/mol. The zero-order chi connectivity index (χ0) is 15.6. The van der Waals surface area contributed by atoms with Crippen LogP contribution in [-0.4, -0.2) is 15.7 Å². The standard InChI is InChI=1S/C20H14N2O/c23-20(16-11-5-2-6-12-16)22-18-14-8-7-13-17(18)19(21-22)15-9-3-1-4-10-15/h1-14H. The van der Waals surface area contributed by atoms with Crippen molar-refractivity contribution in [1.82, 2.24) is 9.78 Å². The van der Waals surface area contributed by atoms with Gasteiger partial charge in [0.05, 0.1) is 5.52 Å². The molecule has 0 unspecified atom stereocenters. The van der Waals surface area contributed by atoms with Crippen LogP contribution in [0.15, 0.2) is 84.9 Å². The quantitative estimate of drug-likeness (QED) is 0.550. The van der Waals surface area contributed by atoms with Crippen LogP contribution < -0.4 is 0 Å². The van der Waals surface area contributed by atoms with Gasteiger partial charge in [0.25, 0.3) is 5.91 Å². The van der Waals surface area contributed by atoms with Gasteiger partial charge in [-0.2, -0.15) is 9.78 Å². The number of hydrogen-bond donors (Lipinski definition) is 0. The van der Waals surface area contributed by atoms with Gasteiger partial charge < -0.3 is 0 Å². The molecule has 4 aromatic rings. The van der Waals surface area contributed by atoms with Gasteiger partial charge in [-0.1, -0.05) is 66.7 Å². The zero-order valence-electron chi connectivity index (χ0n) is 12.4. The van der Waals surface area contributed by atoms with E-state index in [0.717, 1.165) is 22.2 Å². The molecule has 0 fully saturated rings. The van der Waals surface area contributed by atoms with Gasteiger partial charge in [0, 0.05) is 16.5 Å². The predicted octanol–water partition coefficient (Wildman–Crippen LogP) is 4.39. The van der Waals surface area contributed by atoms with Crippen LogP contribution in [-0.2, 0) is 0 Å². The number of benzene rings is 3. The number of rotatable bonds is 2. The van der Waals surface area contributed by atoms with Gasteiger partial charge in [0.2, 0.25) is 0 Å². The molecule has 0 saturated carbocycles. The Bertz CT molecular complexity index is 972. The summed E-state index contributed by atoms with van der Waals surface area (Å²) in [7, 11) is 0. The minimum absolute atomic E-state index is 0.121. The largest absolute Gasteiger partial charge is 0.278 e. The minimum atomic E-state index is -0.121. The second-order valence-electron chi connectivity index (χ2n) is 5.31. The Hall–Kier alpha value is -3.20. The van der Waals surface area contributed by atoms with Crippen LogP contribution in [0.5, 0.6) is 0 Å². The third-order valence-corrected chi connectivity index (χ3v) is 3.85. The fourth-order valence-electron chi connectivity index (χ4n) is 2.73. The number of carbonyl (C=O) groups excluding carboxylic acids is 1. The van der Waals surface area contributed by atoms with Crippen molar-refractivity contribution >= 4 is 16.8 Å². The van der Waals surface area contributed by atoms with E-state index in [4.69, 9.17) is 0 Å². The van der Waals surface area contributed by atoms with E-state index in [1.165, 1.54) is 4.68 Å². The fraction of sp³-hybridized carbons (Fsp3) is 0. The summed E-state index contributed by atoms with van der Waals surface area (Å²) in [5.74, 6) is -0.121. The van der Waals surface area contributed by atoms with E-state index in [-0.39, 0.29) is 5.91 Å². The molecule has 0 bridgehead atoms. The third kappa shape index (κ3) is 2.32. The van der Waals surface area contributed by atoms with Crippen LogP contribution in [0.3, 0.4) is 0 Å². The molecular formula is C20H14N2O. The van der Waals surface area contributed by atoms with Crippen molar-refractivity contribution < 1.29 is 4.79 Å². The number of aromatic nitrogens is 2. The number of para-hydroxylation sites is 1. The summed E-state index contributed by atoms with van der Waals surface area (Å²) < 4.78 is 1.49. The molecule has 110 valence electrons. The molecule has 0 aliphatic carbocycles. The Morgan fingerprint density at radius 1 is 0.739 bits per heavy atom. The highest BCUT2D eigenvalue weighted by Crippen LogP contribution is 2.28. The van der Waals surface area contributed by atoms with Gasteiger partial charge in [-0.3, -0.25) is 4.79 Å². The Kier molecular flexibility index (Phi) is 3.24. The van der Waals surface area contributed by atoms with Crippen LogP contribution in [0.25, 0.3) is 22.2 Å². The smallest absolute Gasteiger partial charge is 0.267 e. The number of hydrogen-bond acceptors (Lipinski definition) is 2. The van der Waals surface area contributed by atoms with E-state index in [1.54, 1.807) is 12.1 Å². The molecule has 0 amide bonds. The van der Waals surface area contributed by atoms with Gasteiger partial charge in [-0.25, -0.2) is 0 Å². The second-order valence-corrected chi connectivity index (χ2v) is 5.31. The zero-order valence-corrected chi connectivity index (χ0v) is 12.4. The lowest BCUT2D eigenvalue weighted by Crippen LogP contribution is -2.13. The molecule has 1 aromatic heterocycles. The maximum atomic E-state index is 12.8. The van der Waals surface area contributed by atoms with E-state index in [2.05, 4.69) is 5.10 Å². The van der Waals surface area contributed by atoms with E-state index >= 15 is 0 Å². The predicted molar refractivity (Wildman–Crippen MR) is 91.3 cm³/mol. The summed E-state index contributed by atoms with van der Waals surface area (Å²) in [5, 5.41) is 5.58. The highest BCUT2D eigenvalue weighted by atomic mass is 16.2. The van der Waals surface area contributed by atoms with Crippen LogP contribution in [0.1, 0.15) is 10.4 Å². The third-order valence-electron chi connectivity index (χ3n) is 3.85. The van der Waals surface area contributed by atoms with Crippen LogP contribution >= 0.6 is 0 Å².